The van der Waals surface area contributed by atoms with Crippen LogP contribution in [0.3, 0.4) is 0 Å². The first-order chi connectivity index (χ1) is 20.1. The Morgan fingerprint density at radius 3 is 2.28 bits per heavy atom. The molecule has 5 heteroatoms. The van der Waals surface area contributed by atoms with Gasteiger partial charge in [-0.1, -0.05) is 74.2 Å². The van der Waals surface area contributed by atoms with Crippen LogP contribution in [-0.4, -0.2) is 15.9 Å². The number of ketones is 1. The summed E-state index contributed by atoms with van der Waals surface area (Å²) in [4.78, 5) is 14.9. The fourth-order valence-electron chi connectivity index (χ4n) is 6.26. The van der Waals surface area contributed by atoms with Gasteiger partial charge in [-0.05, 0) is 72.9 Å². The van der Waals surface area contributed by atoms with Crippen LogP contribution in [0.1, 0.15) is 64.2 Å². The molecular formula is C38H36IrNO2S-. The number of fused-ring (bicyclic) bond motifs is 8. The number of hydrogen-bond donors (Lipinski definition) is 1. The van der Waals surface area contributed by atoms with Crippen LogP contribution in [0.2, 0.25) is 0 Å². The molecule has 0 atom stereocenters. The van der Waals surface area contributed by atoms with Crippen LogP contribution in [0.5, 0.6) is 0 Å². The largest absolute Gasteiger partial charge is 0.512 e. The Hall–Kier alpha value is -3.37. The van der Waals surface area contributed by atoms with E-state index in [2.05, 4.69) is 87.5 Å². The number of pyridine rings is 1. The Bertz CT molecular complexity index is 2030. The molecule has 43 heavy (non-hydrogen) atoms. The van der Waals surface area contributed by atoms with Gasteiger partial charge in [0.25, 0.3) is 0 Å². The standard InChI is InChI=1S/C33H28NS.C5H8O2.Ir/c1-33(2,3)29-19-22(18-21-9-5-6-10-23(21)29)30-25-14-15-27-26-13-12-20-8-4-7-11-24(20)31(26)35-32(27)28(25)16-17-34-30;1-4(6)3-5(2)7;/h5-6,9-10,12-17,19H,4,7-8,11H2,1-3H3;3,6H,1-2H3;/q-1;;/b;4-3-;. The Balaban J connectivity index is 0.000000415. The van der Waals surface area contributed by atoms with Gasteiger partial charge in [0, 0.05) is 58.2 Å². The number of aryl methyl sites for hydroxylation is 2. The second kappa shape index (κ2) is 12.3. The summed E-state index contributed by atoms with van der Waals surface area (Å²) in [5, 5.41) is 16.1. The number of aliphatic hydroxyl groups is 1. The van der Waals surface area contributed by atoms with Crippen molar-refractivity contribution in [2.45, 2.75) is 65.7 Å². The maximum atomic E-state index is 10.0. The van der Waals surface area contributed by atoms with Crippen LogP contribution in [0.4, 0.5) is 0 Å². The van der Waals surface area contributed by atoms with Crippen LogP contribution in [0, 0.1) is 6.07 Å². The third kappa shape index (κ3) is 6.04. The molecule has 2 heterocycles. The van der Waals surface area contributed by atoms with E-state index in [4.69, 9.17) is 10.1 Å². The minimum atomic E-state index is -0.125. The molecule has 1 aliphatic carbocycles. The van der Waals surface area contributed by atoms with Crippen molar-refractivity contribution in [2.24, 2.45) is 0 Å². The molecule has 1 radical (unpaired) electrons. The molecule has 0 saturated heterocycles. The monoisotopic (exact) mass is 763 g/mol. The molecule has 0 fully saturated rings. The van der Waals surface area contributed by atoms with E-state index in [1.54, 1.807) is 11.1 Å². The van der Waals surface area contributed by atoms with E-state index < -0.39 is 0 Å². The molecular weight excluding hydrogens is 727 g/mol. The molecule has 0 aliphatic heterocycles. The number of hydrogen-bond acceptors (Lipinski definition) is 4. The maximum Gasteiger partial charge on any atom is 0.155 e. The molecule has 0 bridgehead atoms. The molecule has 0 spiro atoms. The normalized spacial score (nSPS) is 13.5. The number of allylic oxidation sites excluding steroid dienone is 2. The summed E-state index contributed by atoms with van der Waals surface area (Å²) in [5.41, 5.74) is 6.64. The molecule has 3 nitrogen and oxygen atoms in total. The summed E-state index contributed by atoms with van der Waals surface area (Å²) < 4.78 is 2.88. The van der Waals surface area contributed by atoms with Gasteiger partial charge in [-0.3, -0.25) is 9.78 Å². The van der Waals surface area contributed by atoms with E-state index in [1.807, 2.05) is 17.5 Å². The number of aliphatic hydroxyl groups excluding tert-OH is 1. The molecule has 1 N–H and O–H groups in total. The van der Waals surface area contributed by atoms with Crippen LogP contribution in [-0.2, 0) is 43.2 Å². The zero-order valence-corrected chi connectivity index (χ0v) is 28.5. The zero-order chi connectivity index (χ0) is 29.6. The van der Waals surface area contributed by atoms with Crippen molar-refractivity contribution in [1.82, 2.24) is 4.98 Å². The van der Waals surface area contributed by atoms with Crippen molar-refractivity contribution < 1.29 is 30.0 Å². The van der Waals surface area contributed by atoms with Crippen molar-refractivity contribution in [3.8, 4) is 11.3 Å². The second-order valence-corrected chi connectivity index (χ2v) is 13.4. The molecule has 1 aliphatic rings. The van der Waals surface area contributed by atoms with Crippen LogP contribution in [0.25, 0.3) is 53.0 Å². The smallest absolute Gasteiger partial charge is 0.155 e. The van der Waals surface area contributed by atoms with Gasteiger partial charge in [0.05, 0.1) is 5.76 Å². The fraction of sp³-hybridized carbons (Fsp3) is 0.263. The Morgan fingerprint density at radius 2 is 1.56 bits per heavy atom. The third-order valence-corrected chi connectivity index (χ3v) is 9.44. The van der Waals surface area contributed by atoms with Gasteiger partial charge in [-0.2, -0.15) is 0 Å². The topological polar surface area (TPSA) is 50.2 Å². The average Bonchev–Trinajstić information content (AvgIpc) is 3.35. The fourth-order valence-corrected chi connectivity index (χ4v) is 7.69. The van der Waals surface area contributed by atoms with Gasteiger partial charge < -0.3 is 5.11 Å². The maximum absolute atomic E-state index is 10.0. The van der Waals surface area contributed by atoms with E-state index in [0.29, 0.717) is 0 Å². The van der Waals surface area contributed by atoms with Crippen LogP contribution in [0.15, 0.2) is 78.7 Å². The zero-order valence-electron chi connectivity index (χ0n) is 25.3. The van der Waals surface area contributed by atoms with E-state index in [1.165, 1.54) is 87.5 Å². The number of benzene rings is 4. The number of thiophene rings is 1. The molecule has 0 unspecified atom stereocenters. The molecule has 2 aromatic heterocycles. The van der Waals surface area contributed by atoms with Gasteiger partial charge in [-0.15, -0.1) is 40.5 Å². The molecule has 6 aromatic rings. The van der Waals surface area contributed by atoms with Gasteiger partial charge in [-0.25, -0.2) is 0 Å². The summed E-state index contributed by atoms with van der Waals surface area (Å²) in [6, 6.07) is 26.2. The first-order valence-corrected chi connectivity index (χ1v) is 15.5. The molecule has 221 valence electrons. The number of aromatic nitrogens is 1. The molecule has 0 amide bonds. The number of carbonyl (C=O) groups excluding carboxylic acids is 1. The average molecular weight is 763 g/mol. The Morgan fingerprint density at radius 1 is 0.884 bits per heavy atom. The van der Waals surface area contributed by atoms with Gasteiger partial charge in [0.2, 0.25) is 0 Å². The first-order valence-electron chi connectivity index (χ1n) is 14.7. The van der Waals surface area contributed by atoms with Crippen molar-refractivity contribution in [1.29, 1.82) is 0 Å². The van der Waals surface area contributed by atoms with Gasteiger partial charge in [0.1, 0.15) is 0 Å². The van der Waals surface area contributed by atoms with Gasteiger partial charge in [0.15, 0.2) is 5.78 Å². The minimum absolute atomic E-state index is 0. The summed E-state index contributed by atoms with van der Waals surface area (Å²) >= 11 is 1.98. The summed E-state index contributed by atoms with van der Waals surface area (Å²) in [6.07, 6.45) is 8.22. The second-order valence-electron chi connectivity index (χ2n) is 12.4. The predicted molar refractivity (Wildman–Crippen MR) is 179 cm³/mol. The van der Waals surface area contributed by atoms with E-state index in [0.717, 1.165) is 16.6 Å². The SMILES string of the molecule is CC(=O)/C=C(/C)O.CC(C)(C)c1cc(-c2nccc3c2ccc2c4ccc5c(c4sc32)CCCC5)[c-]c2ccccc12.[Ir]. The van der Waals surface area contributed by atoms with Crippen LogP contribution >= 0.6 is 11.3 Å². The van der Waals surface area contributed by atoms with E-state index in [-0.39, 0.29) is 37.1 Å². The van der Waals surface area contributed by atoms with Gasteiger partial charge >= 0.3 is 0 Å². The van der Waals surface area contributed by atoms with Crippen molar-refractivity contribution in [3.05, 3.63) is 101 Å². The van der Waals surface area contributed by atoms with E-state index in [9.17, 15) is 4.79 Å². The van der Waals surface area contributed by atoms with Crippen LogP contribution < -0.4 is 0 Å². The number of nitrogens with zero attached hydrogens (tertiary/aromatic N) is 1. The van der Waals surface area contributed by atoms with Crippen molar-refractivity contribution in [3.63, 3.8) is 0 Å². The van der Waals surface area contributed by atoms with E-state index >= 15 is 0 Å². The van der Waals surface area contributed by atoms with Crippen molar-refractivity contribution >= 4 is 58.8 Å². The predicted octanol–water partition coefficient (Wildman–Crippen LogP) is 10.4. The minimum Gasteiger partial charge on any atom is -0.512 e. The Labute approximate surface area is 271 Å². The number of rotatable bonds is 2. The molecule has 7 rings (SSSR count). The summed E-state index contributed by atoms with van der Waals surface area (Å²) in [7, 11) is 0. The summed E-state index contributed by atoms with van der Waals surface area (Å²) in [5.74, 6) is -0.0625. The van der Waals surface area contributed by atoms with Crippen molar-refractivity contribution in [2.75, 3.05) is 0 Å². The quantitative estimate of drug-likeness (QED) is 0.109. The summed E-state index contributed by atoms with van der Waals surface area (Å²) in [6.45, 7) is 9.71. The third-order valence-electron chi connectivity index (χ3n) is 8.12. The Kier molecular flexibility index (Phi) is 8.90. The number of carbonyl (C=O) groups is 1. The molecule has 4 aromatic carbocycles. The first kappa shape index (κ1) is 31.1. The molecule has 0 saturated carbocycles.